The lowest BCUT2D eigenvalue weighted by atomic mass is 10.2. The SMILES string of the molecule is CC(=O)Oc1ccccc1-c1nc(-c2ccccc2)no1. The van der Waals surface area contributed by atoms with Crippen molar-refractivity contribution in [1.82, 2.24) is 10.1 Å². The Morgan fingerprint density at radius 2 is 1.76 bits per heavy atom. The van der Waals surface area contributed by atoms with Crippen molar-refractivity contribution in [3.05, 3.63) is 54.6 Å². The lowest BCUT2D eigenvalue weighted by Crippen LogP contribution is -2.02. The number of carbonyl (C=O) groups excluding carboxylic acids is 1. The highest BCUT2D eigenvalue weighted by Crippen LogP contribution is 2.30. The standard InChI is InChI=1S/C16H12N2O3/c1-11(19)20-14-10-6-5-9-13(14)16-17-15(18-21-16)12-7-3-2-4-8-12/h2-10H,1H3. The van der Waals surface area contributed by atoms with E-state index >= 15 is 0 Å². The van der Waals surface area contributed by atoms with E-state index in [1.165, 1.54) is 6.92 Å². The molecule has 3 aromatic rings. The van der Waals surface area contributed by atoms with E-state index in [0.29, 0.717) is 23.0 Å². The molecular formula is C16H12N2O3. The van der Waals surface area contributed by atoms with Crippen LogP contribution >= 0.6 is 0 Å². The second-order valence-corrected chi connectivity index (χ2v) is 4.38. The molecule has 0 aliphatic heterocycles. The quantitative estimate of drug-likeness (QED) is 0.544. The van der Waals surface area contributed by atoms with Gasteiger partial charge in [0, 0.05) is 12.5 Å². The first-order valence-corrected chi connectivity index (χ1v) is 6.41. The topological polar surface area (TPSA) is 65.2 Å². The molecular weight excluding hydrogens is 268 g/mol. The molecule has 0 spiro atoms. The van der Waals surface area contributed by atoms with Gasteiger partial charge >= 0.3 is 5.97 Å². The molecule has 0 N–H and O–H groups in total. The highest BCUT2D eigenvalue weighted by molar-refractivity contribution is 5.74. The number of para-hydroxylation sites is 1. The molecule has 5 nitrogen and oxygen atoms in total. The summed E-state index contributed by atoms with van der Waals surface area (Å²) in [6.45, 7) is 1.35. The molecule has 0 atom stereocenters. The molecule has 0 saturated heterocycles. The molecule has 3 rings (SSSR count). The Kier molecular flexibility index (Phi) is 3.47. The second-order valence-electron chi connectivity index (χ2n) is 4.38. The van der Waals surface area contributed by atoms with E-state index in [1.807, 2.05) is 36.4 Å². The van der Waals surface area contributed by atoms with Crippen LogP contribution in [0.3, 0.4) is 0 Å². The Hall–Kier alpha value is -2.95. The molecule has 0 aliphatic rings. The van der Waals surface area contributed by atoms with Gasteiger partial charge in [0.2, 0.25) is 5.82 Å². The average molecular weight is 280 g/mol. The smallest absolute Gasteiger partial charge is 0.308 e. The highest BCUT2D eigenvalue weighted by Gasteiger charge is 2.15. The van der Waals surface area contributed by atoms with Gasteiger partial charge in [-0.25, -0.2) is 0 Å². The normalized spacial score (nSPS) is 10.3. The number of esters is 1. The third kappa shape index (κ3) is 2.81. The number of aromatic nitrogens is 2. The van der Waals surface area contributed by atoms with Crippen molar-refractivity contribution in [1.29, 1.82) is 0 Å². The van der Waals surface area contributed by atoms with Crippen LogP contribution in [0.1, 0.15) is 6.92 Å². The first-order valence-electron chi connectivity index (χ1n) is 6.41. The second kappa shape index (κ2) is 5.58. The van der Waals surface area contributed by atoms with Gasteiger partial charge in [0.1, 0.15) is 5.75 Å². The number of benzene rings is 2. The van der Waals surface area contributed by atoms with Crippen LogP contribution in [0.25, 0.3) is 22.8 Å². The molecule has 21 heavy (non-hydrogen) atoms. The molecule has 0 amide bonds. The van der Waals surface area contributed by atoms with E-state index in [-0.39, 0.29) is 0 Å². The van der Waals surface area contributed by atoms with E-state index in [1.54, 1.807) is 18.2 Å². The minimum Gasteiger partial charge on any atom is -0.426 e. The molecule has 2 aromatic carbocycles. The van der Waals surface area contributed by atoms with Crippen LogP contribution in [-0.2, 0) is 4.79 Å². The third-order valence-electron chi connectivity index (χ3n) is 2.83. The summed E-state index contributed by atoms with van der Waals surface area (Å²) in [5.74, 6) is 0.799. The first-order chi connectivity index (χ1) is 10.2. The Balaban J connectivity index is 1.99. The average Bonchev–Trinajstić information content (AvgIpc) is 2.98. The maximum atomic E-state index is 11.1. The van der Waals surface area contributed by atoms with Crippen LogP contribution in [0, 0.1) is 0 Å². The molecule has 104 valence electrons. The van der Waals surface area contributed by atoms with Gasteiger partial charge in [0.25, 0.3) is 5.89 Å². The van der Waals surface area contributed by atoms with Crippen molar-refractivity contribution < 1.29 is 14.1 Å². The Morgan fingerprint density at radius 1 is 1.05 bits per heavy atom. The molecule has 5 heteroatoms. The Bertz CT molecular complexity index is 766. The summed E-state index contributed by atoms with van der Waals surface area (Å²) in [5, 5.41) is 3.96. The van der Waals surface area contributed by atoms with Crippen molar-refractivity contribution in [2.24, 2.45) is 0 Å². The summed E-state index contributed by atoms with van der Waals surface area (Å²) >= 11 is 0. The van der Waals surface area contributed by atoms with Crippen LogP contribution in [0.4, 0.5) is 0 Å². The Morgan fingerprint density at radius 3 is 2.52 bits per heavy atom. The van der Waals surface area contributed by atoms with Crippen LogP contribution in [0.15, 0.2) is 59.1 Å². The van der Waals surface area contributed by atoms with Gasteiger partial charge in [0.05, 0.1) is 5.56 Å². The number of nitrogens with zero attached hydrogens (tertiary/aromatic N) is 2. The van der Waals surface area contributed by atoms with E-state index in [0.717, 1.165) is 5.56 Å². The zero-order valence-corrected chi connectivity index (χ0v) is 11.3. The van der Waals surface area contributed by atoms with Gasteiger partial charge < -0.3 is 9.26 Å². The fraction of sp³-hybridized carbons (Fsp3) is 0.0625. The van der Waals surface area contributed by atoms with E-state index < -0.39 is 5.97 Å². The maximum absolute atomic E-state index is 11.1. The number of hydrogen-bond donors (Lipinski definition) is 0. The molecule has 0 unspecified atom stereocenters. The third-order valence-corrected chi connectivity index (χ3v) is 2.83. The summed E-state index contributed by atoms with van der Waals surface area (Å²) in [5.41, 5.74) is 1.44. The molecule has 1 heterocycles. The van der Waals surface area contributed by atoms with Gasteiger partial charge in [-0.05, 0) is 12.1 Å². The maximum Gasteiger partial charge on any atom is 0.308 e. The molecule has 0 fully saturated rings. The molecule has 0 saturated carbocycles. The fourth-order valence-electron chi connectivity index (χ4n) is 1.92. The van der Waals surface area contributed by atoms with Crippen LogP contribution in [-0.4, -0.2) is 16.1 Å². The molecule has 0 aliphatic carbocycles. The largest absolute Gasteiger partial charge is 0.426 e. The van der Waals surface area contributed by atoms with Crippen LogP contribution < -0.4 is 4.74 Å². The van der Waals surface area contributed by atoms with Gasteiger partial charge in [0.15, 0.2) is 0 Å². The van der Waals surface area contributed by atoms with Crippen molar-refractivity contribution in [2.75, 3.05) is 0 Å². The lowest BCUT2D eigenvalue weighted by molar-refractivity contribution is -0.131. The molecule has 0 bridgehead atoms. The summed E-state index contributed by atoms with van der Waals surface area (Å²) in [4.78, 5) is 15.5. The highest BCUT2D eigenvalue weighted by atomic mass is 16.5. The van der Waals surface area contributed by atoms with Crippen molar-refractivity contribution in [3.63, 3.8) is 0 Å². The van der Waals surface area contributed by atoms with E-state index in [2.05, 4.69) is 10.1 Å². The predicted octanol–water partition coefficient (Wildman–Crippen LogP) is 3.33. The first kappa shape index (κ1) is 13.1. The van der Waals surface area contributed by atoms with Crippen molar-refractivity contribution in [3.8, 4) is 28.6 Å². The van der Waals surface area contributed by atoms with Gasteiger partial charge in [-0.15, -0.1) is 0 Å². The summed E-state index contributed by atoms with van der Waals surface area (Å²) in [6.07, 6.45) is 0. The van der Waals surface area contributed by atoms with Crippen LogP contribution in [0.5, 0.6) is 5.75 Å². The van der Waals surface area contributed by atoms with Crippen molar-refractivity contribution in [2.45, 2.75) is 6.92 Å². The summed E-state index contributed by atoms with van der Waals surface area (Å²) in [6, 6.07) is 16.5. The van der Waals surface area contributed by atoms with Gasteiger partial charge in [-0.3, -0.25) is 4.79 Å². The van der Waals surface area contributed by atoms with Gasteiger partial charge in [-0.1, -0.05) is 47.6 Å². The van der Waals surface area contributed by atoms with E-state index in [4.69, 9.17) is 9.26 Å². The minimum atomic E-state index is -0.398. The zero-order valence-electron chi connectivity index (χ0n) is 11.3. The number of ether oxygens (including phenoxy) is 1. The number of hydrogen-bond acceptors (Lipinski definition) is 5. The lowest BCUT2D eigenvalue weighted by Gasteiger charge is -2.04. The molecule has 1 aromatic heterocycles. The minimum absolute atomic E-state index is 0.311. The number of carbonyl (C=O) groups is 1. The Labute approximate surface area is 121 Å². The number of rotatable bonds is 3. The van der Waals surface area contributed by atoms with Gasteiger partial charge in [-0.2, -0.15) is 4.98 Å². The van der Waals surface area contributed by atoms with E-state index in [9.17, 15) is 4.79 Å². The molecule has 0 radical (unpaired) electrons. The fourth-order valence-corrected chi connectivity index (χ4v) is 1.92. The van der Waals surface area contributed by atoms with Crippen LogP contribution in [0.2, 0.25) is 0 Å². The van der Waals surface area contributed by atoms with Crippen molar-refractivity contribution >= 4 is 5.97 Å². The summed E-state index contributed by atoms with van der Waals surface area (Å²) in [7, 11) is 0. The predicted molar refractivity (Wildman–Crippen MR) is 76.5 cm³/mol. The zero-order chi connectivity index (χ0) is 14.7. The summed E-state index contributed by atoms with van der Waals surface area (Å²) < 4.78 is 10.4. The monoisotopic (exact) mass is 280 g/mol.